The van der Waals surface area contributed by atoms with Crippen molar-refractivity contribution < 1.29 is 9.13 Å². The van der Waals surface area contributed by atoms with Crippen molar-refractivity contribution in [3.8, 4) is 5.75 Å². The average molecular weight is 281 g/mol. The number of anilines is 1. The van der Waals surface area contributed by atoms with E-state index in [4.69, 9.17) is 16.3 Å². The summed E-state index contributed by atoms with van der Waals surface area (Å²) in [6.07, 6.45) is 0. The Kier molecular flexibility index (Phi) is 4.58. The van der Waals surface area contributed by atoms with E-state index in [-0.39, 0.29) is 12.4 Å². The van der Waals surface area contributed by atoms with E-state index < -0.39 is 0 Å². The zero-order valence-corrected chi connectivity index (χ0v) is 11.2. The molecular weight excluding hydrogens is 267 g/mol. The van der Waals surface area contributed by atoms with Gasteiger partial charge in [-0.1, -0.05) is 17.7 Å². The molecule has 0 saturated heterocycles. The Morgan fingerprint density at radius 2 is 2.16 bits per heavy atom. The van der Waals surface area contributed by atoms with E-state index in [2.05, 4.69) is 10.3 Å². The smallest absolute Gasteiger partial charge is 0.132 e. The normalized spacial score (nSPS) is 10.3. The molecule has 3 nitrogen and oxygen atoms in total. The molecule has 0 spiro atoms. The zero-order valence-electron chi connectivity index (χ0n) is 10.5. The highest BCUT2D eigenvalue weighted by molar-refractivity contribution is 6.31. The number of halogens is 2. The minimum Gasteiger partial charge on any atom is -0.487 e. The highest BCUT2D eigenvalue weighted by atomic mass is 35.5. The highest BCUT2D eigenvalue weighted by Crippen LogP contribution is 2.19. The van der Waals surface area contributed by atoms with Gasteiger partial charge in [0.15, 0.2) is 0 Å². The summed E-state index contributed by atoms with van der Waals surface area (Å²) in [4.78, 5) is 4.34. The first-order valence-corrected chi connectivity index (χ1v) is 6.34. The van der Waals surface area contributed by atoms with Crippen molar-refractivity contribution in [2.45, 2.75) is 13.5 Å². The summed E-state index contributed by atoms with van der Waals surface area (Å²) in [6.45, 7) is 2.96. The second kappa shape index (κ2) is 6.38. The van der Waals surface area contributed by atoms with Crippen LogP contribution in [-0.2, 0) is 6.61 Å². The number of benzene rings is 1. The van der Waals surface area contributed by atoms with Crippen LogP contribution in [0.25, 0.3) is 0 Å². The Hall–Kier alpha value is -1.81. The molecule has 1 aromatic carbocycles. The Morgan fingerprint density at radius 1 is 1.32 bits per heavy atom. The molecule has 0 aliphatic heterocycles. The fraction of sp³-hybridized carbons (Fsp3) is 0.214. The van der Waals surface area contributed by atoms with Crippen LogP contribution in [0.2, 0.25) is 5.02 Å². The van der Waals surface area contributed by atoms with Crippen LogP contribution in [0.1, 0.15) is 12.6 Å². The lowest BCUT2D eigenvalue weighted by Crippen LogP contribution is -2.04. The molecule has 1 heterocycles. The number of nitrogens with one attached hydrogen (secondary N) is 1. The first kappa shape index (κ1) is 13.6. The van der Waals surface area contributed by atoms with Gasteiger partial charge in [0.2, 0.25) is 0 Å². The van der Waals surface area contributed by atoms with Gasteiger partial charge >= 0.3 is 0 Å². The number of ether oxygens (including phenoxy) is 1. The summed E-state index contributed by atoms with van der Waals surface area (Å²) in [5.74, 6) is 0.856. The number of hydrogen-bond donors (Lipinski definition) is 1. The molecule has 0 saturated carbocycles. The summed E-state index contributed by atoms with van der Waals surface area (Å²) in [5.41, 5.74) is 0.615. The van der Waals surface area contributed by atoms with Gasteiger partial charge in [0, 0.05) is 12.6 Å². The van der Waals surface area contributed by atoms with Crippen molar-refractivity contribution in [3.63, 3.8) is 0 Å². The maximum absolute atomic E-state index is 13.0. The third-order valence-electron chi connectivity index (χ3n) is 2.45. The van der Waals surface area contributed by atoms with Gasteiger partial charge in [0.1, 0.15) is 24.0 Å². The van der Waals surface area contributed by atoms with E-state index in [1.165, 1.54) is 12.1 Å². The molecule has 5 heteroatoms. The fourth-order valence-corrected chi connectivity index (χ4v) is 1.73. The van der Waals surface area contributed by atoms with Crippen LogP contribution in [0.4, 0.5) is 10.2 Å². The molecule has 1 aromatic heterocycles. The van der Waals surface area contributed by atoms with Crippen molar-refractivity contribution in [3.05, 3.63) is 52.9 Å². The molecule has 0 aliphatic carbocycles. The SMILES string of the molecule is CCNc1ccc(Cl)c(COc2cccc(F)c2)n1. The van der Waals surface area contributed by atoms with Gasteiger partial charge in [-0.2, -0.15) is 0 Å². The quantitative estimate of drug-likeness (QED) is 0.902. The Labute approximate surface area is 116 Å². The van der Waals surface area contributed by atoms with Crippen LogP contribution in [0.15, 0.2) is 36.4 Å². The first-order chi connectivity index (χ1) is 9.19. The Bertz CT molecular complexity index is 563. The van der Waals surface area contributed by atoms with Gasteiger partial charge < -0.3 is 10.1 Å². The number of hydrogen-bond acceptors (Lipinski definition) is 3. The highest BCUT2D eigenvalue weighted by Gasteiger charge is 2.05. The maximum atomic E-state index is 13.0. The summed E-state index contributed by atoms with van der Waals surface area (Å²) in [6, 6.07) is 9.53. The van der Waals surface area contributed by atoms with Gasteiger partial charge in [-0.25, -0.2) is 9.37 Å². The molecule has 0 atom stereocenters. The van der Waals surface area contributed by atoms with Crippen LogP contribution >= 0.6 is 11.6 Å². The monoisotopic (exact) mass is 280 g/mol. The average Bonchev–Trinajstić information content (AvgIpc) is 2.40. The molecule has 0 bridgehead atoms. The van der Waals surface area contributed by atoms with Crippen molar-refractivity contribution in [2.75, 3.05) is 11.9 Å². The van der Waals surface area contributed by atoms with Gasteiger partial charge in [-0.15, -0.1) is 0 Å². The summed E-state index contributed by atoms with van der Waals surface area (Å²) in [5, 5.41) is 3.62. The number of rotatable bonds is 5. The lowest BCUT2D eigenvalue weighted by Gasteiger charge is -2.09. The summed E-state index contributed by atoms with van der Waals surface area (Å²) >= 11 is 6.05. The van der Waals surface area contributed by atoms with Crippen LogP contribution < -0.4 is 10.1 Å². The van der Waals surface area contributed by atoms with Gasteiger partial charge in [0.25, 0.3) is 0 Å². The second-order valence-corrected chi connectivity index (χ2v) is 4.31. The molecule has 0 aliphatic rings. The molecule has 1 N–H and O–H groups in total. The summed E-state index contributed by atoms with van der Waals surface area (Å²) < 4.78 is 18.5. The Morgan fingerprint density at radius 3 is 2.89 bits per heavy atom. The standard InChI is InChI=1S/C14H14ClFN2O/c1-2-17-14-7-6-12(15)13(18-14)9-19-11-5-3-4-10(16)8-11/h3-8H,2,9H2,1H3,(H,17,18). The number of aromatic nitrogens is 1. The third kappa shape index (κ3) is 3.83. The molecule has 19 heavy (non-hydrogen) atoms. The van der Waals surface area contributed by atoms with E-state index in [0.29, 0.717) is 16.5 Å². The van der Waals surface area contributed by atoms with Crippen LogP contribution in [0.3, 0.4) is 0 Å². The lowest BCUT2D eigenvalue weighted by atomic mass is 10.3. The van der Waals surface area contributed by atoms with Gasteiger partial charge in [-0.05, 0) is 31.2 Å². The maximum Gasteiger partial charge on any atom is 0.132 e. The lowest BCUT2D eigenvalue weighted by molar-refractivity contribution is 0.300. The van der Waals surface area contributed by atoms with Crippen LogP contribution in [-0.4, -0.2) is 11.5 Å². The molecule has 0 unspecified atom stereocenters. The fourth-order valence-electron chi connectivity index (χ4n) is 1.57. The topological polar surface area (TPSA) is 34.1 Å². The molecule has 0 fully saturated rings. The second-order valence-electron chi connectivity index (χ2n) is 3.90. The van der Waals surface area contributed by atoms with Crippen molar-refractivity contribution in [1.82, 2.24) is 4.98 Å². The molecule has 0 amide bonds. The predicted molar refractivity (Wildman–Crippen MR) is 74.1 cm³/mol. The molecule has 2 aromatic rings. The molecule has 0 radical (unpaired) electrons. The molecule has 100 valence electrons. The van der Waals surface area contributed by atoms with E-state index in [1.54, 1.807) is 24.3 Å². The van der Waals surface area contributed by atoms with E-state index in [9.17, 15) is 4.39 Å². The van der Waals surface area contributed by atoms with Crippen molar-refractivity contribution in [1.29, 1.82) is 0 Å². The number of nitrogens with zero attached hydrogens (tertiary/aromatic N) is 1. The third-order valence-corrected chi connectivity index (χ3v) is 2.79. The van der Waals surface area contributed by atoms with Crippen LogP contribution in [0.5, 0.6) is 5.75 Å². The summed E-state index contributed by atoms with van der Waals surface area (Å²) in [7, 11) is 0. The minimum atomic E-state index is -0.335. The van der Waals surface area contributed by atoms with Gasteiger partial charge in [-0.3, -0.25) is 0 Å². The predicted octanol–water partition coefficient (Wildman–Crippen LogP) is 3.88. The molecular formula is C14H14ClFN2O. The Balaban J connectivity index is 2.08. The largest absolute Gasteiger partial charge is 0.487 e. The van der Waals surface area contributed by atoms with Crippen molar-refractivity contribution >= 4 is 17.4 Å². The van der Waals surface area contributed by atoms with E-state index >= 15 is 0 Å². The van der Waals surface area contributed by atoms with Crippen molar-refractivity contribution in [2.24, 2.45) is 0 Å². The van der Waals surface area contributed by atoms with Crippen LogP contribution in [0, 0.1) is 5.82 Å². The van der Waals surface area contributed by atoms with Gasteiger partial charge in [0.05, 0.1) is 10.7 Å². The first-order valence-electron chi connectivity index (χ1n) is 5.96. The van der Waals surface area contributed by atoms with E-state index in [0.717, 1.165) is 12.4 Å². The zero-order chi connectivity index (χ0) is 13.7. The molecule has 2 rings (SSSR count). The minimum absolute atomic E-state index is 0.196. The van der Waals surface area contributed by atoms with E-state index in [1.807, 2.05) is 6.92 Å². The number of pyridine rings is 1.